The lowest BCUT2D eigenvalue weighted by atomic mass is 9.79. The molecule has 0 spiro atoms. The summed E-state index contributed by atoms with van der Waals surface area (Å²) in [5, 5.41) is 9.05. The summed E-state index contributed by atoms with van der Waals surface area (Å²) >= 11 is 0. The molecule has 1 amide bonds. The SMILES string of the molecule is CC.CCCC(C)(Cc1ccccc1)c1nnc(N(C)CCN(C=O)CC)n1C. The van der Waals surface area contributed by atoms with Crippen LogP contribution in [0.5, 0.6) is 0 Å². The first-order valence-corrected chi connectivity index (χ1v) is 10.8. The summed E-state index contributed by atoms with van der Waals surface area (Å²) in [7, 11) is 4.04. The number of likely N-dealkylation sites (N-methyl/N-ethyl adjacent to an activating group) is 2. The van der Waals surface area contributed by atoms with Gasteiger partial charge < -0.3 is 9.80 Å². The maximum atomic E-state index is 11.0. The second kappa shape index (κ2) is 12.2. The third-order valence-electron chi connectivity index (χ3n) is 5.25. The van der Waals surface area contributed by atoms with E-state index < -0.39 is 0 Å². The molecule has 0 saturated carbocycles. The van der Waals surface area contributed by atoms with Crippen LogP contribution in [0.3, 0.4) is 0 Å². The minimum atomic E-state index is -0.0742. The number of carbonyl (C=O) groups is 1. The van der Waals surface area contributed by atoms with Gasteiger partial charge in [0.1, 0.15) is 5.82 Å². The van der Waals surface area contributed by atoms with Gasteiger partial charge in [0.15, 0.2) is 0 Å². The molecule has 6 heteroatoms. The predicted molar refractivity (Wildman–Crippen MR) is 121 cm³/mol. The zero-order valence-electron chi connectivity index (χ0n) is 19.4. The van der Waals surface area contributed by atoms with E-state index in [0.29, 0.717) is 13.1 Å². The van der Waals surface area contributed by atoms with Crippen LogP contribution in [-0.4, -0.2) is 52.8 Å². The molecule has 1 unspecified atom stereocenters. The van der Waals surface area contributed by atoms with E-state index >= 15 is 0 Å². The van der Waals surface area contributed by atoms with E-state index in [1.54, 1.807) is 4.90 Å². The van der Waals surface area contributed by atoms with Crippen molar-refractivity contribution in [3.05, 3.63) is 41.7 Å². The van der Waals surface area contributed by atoms with Crippen molar-refractivity contribution in [3.8, 4) is 0 Å². The van der Waals surface area contributed by atoms with Gasteiger partial charge in [-0.15, -0.1) is 10.2 Å². The van der Waals surface area contributed by atoms with Crippen molar-refractivity contribution in [1.82, 2.24) is 19.7 Å². The molecular formula is C23H39N5O. The van der Waals surface area contributed by atoms with Crippen LogP contribution in [0.15, 0.2) is 30.3 Å². The zero-order chi connectivity index (χ0) is 21.9. The Labute approximate surface area is 176 Å². The fourth-order valence-electron chi connectivity index (χ4n) is 3.72. The van der Waals surface area contributed by atoms with Gasteiger partial charge in [0.05, 0.1) is 0 Å². The minimum Gasteiger partial charge on any atom is -0.344 e. The Bertz CT molecular complexity index is 715. The first-order valence-electron chi connectivity index (χ1n) is 10.8. The fraction of sp³-hybridized carbons (Fsp3) is 0.609. The van der Waals surface area contributed by atoms with Gasteiger partial charge in [-0.25, -0.2) is 0 Å². The number of aromatic nitrogens is 3. The van der Waals surface area contributed by atoms with Crippen molar-refractivity contribution in [2.45, 2.75) is 59.3 Å². The molecule has 2 aromatic rings. The Kier molecular flexibility index (Phi) is 10.4. The highest BCUT2D eigenvalue weighted by Gasteiger charge is 2.32. The van der Waals surface area contributed by atoms with Crippen LogP contribution in [0.4, 0.5) is 5.95 Å². The molecule has 0 N–H and O–H groups in total. The molecule has 0 aliphatic carbocycles. The lowest BCUT2D eigenvalue weighted by molar-refractivity contribution is -0.117. The third kappa shape index (κ3) is 6.58. The molecule has 2 rings (SSSR count). The van der Waals surface area contributed by atoms with Crippen LogP contribution in [0.1, 0.15) is 58.8 Å². The van der Waals surface area contributed by atoms with Crippen LogP contribution < -0.4 is 4.90 Å². The second-order valence-electron chi connectivity index (χ2n) is 7.51. The first kappa shape index (κ1) is 24.7. The van der Waals surface area contributed by atoms with Crippen molar-refractivity contribution in [1.29, 1.82) is 0 Å². The van der Waals surface area contributed by atoms with Gasteiger partial charge in [-0.2, -0.15) is 0 Å². The van der Waals surface area contributed by atoms with Crippen molar-refractivity contribution < 1.29 is 4.79 Å². The summed E-state index contributed by atoms with van der Waals surface area (Å²) in [5.41, 5.74) is 1.24. The van der Waals surface area contributed by atoms with E-state index in [-0.39, 0.29) is 5.41 Å². The average Bonchev–Trinajstić information content (AvgIpc) is 3.13. The van der Waals surface area contributed by atoms with Crippen LogP contribution in [0.2, 0.25) is 0 Å². The molecule has 0 radical (unpaired) electrons. The van der Waals surface area contributed by atoms with Gasteiger partial charge in [0.25, 0.3) is 0 Å². The number of rotatable bonds is 11. The molecule has 1 heterocycles. The smallest absolute Gasteiger partial charge is 0.226 e. The van der Waals surface area contributed by atoms with Crippen molar-refractivity contribution in [2.75, 3.05) is 31.6 Å². The molecule has 0 saturated heterocycles. The molecule has 0 fully saturated rings. The van der Waals surface area contributed by atoms with Gasteiger partial charge in [-0.1, -0.05) is 64.4 Å². The Morgan fingerprint density at radius 2 is 1.76 bits per heavy atom. The Morgan fingerprint density at radius 1 is 1.10 bits per heavy atom. The summed E-state index contributed by atoms with van der Waals surface area (Å²) < 4.78 is 2.11. The van der Waals surface area contributed by atoms with Gasteiger partial charge in [-0.3, -0.25) is 9.36 Å². The predicted octanol–water partition coefficient (Wildman–Crippen LogP) is 4.06. The molecule has 0 aliphatic heterocycles. The fourth-order valence-corrected chi connectivity index (χ4v) is 3.72. The number of amides is 1. The topological polar surface area (TPSA) is 54.3 Å². The number of carbonyl (C=O) groups excluding carboxylic acids is 1. The average molecular weight is 402 g/mol. The number of anilines is 1. The molecule has 1 aromatic heterocycles. The zero-order valence-corrected chi connectivity index (χ0v) is 19.4. The highest BCUT2D eigenvalue weighted by atomic mass is 16.1. The summed E-state index contributed by atoms with van der Waals surface area (Å²) in [6.45, 7) is 12.6. The minimum absolute atomic E-state index is 0.0742. The molecular weight excluding hydrogens is 362 g/mol. The number of hydrogen-bond acceptors (Lipinski definition) is 4. The Morgan fingerprint density at radius 3 is 2.31 bits per heavy atom. The number of nitrogens with zero attached hydrogens (tertiary/aromatic N) is 5. The molecule has 6 nitrogen and oxygen atoms in total. The Hall–Kier alpha value is -2.37. The van der Waals surface area contributed by atoms with Crippen molar-refractivity contribution >= 4 is 12.4 Å². The molecule has 29 heavy (non-hydrogen) atoms. The van der Waals surface area contributed by atoms with Crippen LogP contribution >= 0.6 is 0 Å². The van der Waals surface area contributed by atoms with E-state index in [0.717, 1.165) is 44.0 Å². The number of benzene rings is 1. The summed E-state index contributed by atoms with van der Waals surface area (Å²) in [6.07, 6.45) is 3.97. The molecule has 162 valence electrons. The monoisotopic (exact) mass is 401 g/mol. The van der Waals surface area contributed by atoms with Gasteiger partial charge in [0, 0.05) is 39.1 Å². The highest BCUT2D eigenvalue weighted by Crippen LogP contribution is 2.33. The van der Waals surface area contributed by atoms with Gasteiger partial charge >= 0.3 is 0 Å². The molecule has 0 aliphatic rings. The second-order valence-corrected chi connectivity index (χ2v) is 7.51. The van der Waals surface area contributed by atoms with E-state index in [9.17, 15) is 4.79 Å². The third-order valence-corrected chi connectivity index (χ3v) is 5.25. The molecule has 1 atom stereocenters. The lowest BCUT2D eigenvalue weighted by Gasteiger charge is -2.29. The largest absolute Gasteiger partial charge is 0.344 e. The number of hydrogen-bond donors (Lipinski definition) is 0. The molecule has 0 bridgehead atoms. The van der Waals surface area contributed by atoms with Gasteiger partial charge in [-0.05, 0) is 25.3 Å². The van der Waals surface area contributed by atoms with Crippen molar-refractivity contribution in [2.24, 2.45) is 7.05 Å². The standard InChI is InChI=1S/C21H33N5O.C2H6/c1-6-13-21(3,16-18-11-9-8-10-12-18)19-22-23-20(25(19)5)24(4)14-15-26(7-2)17-27;1-2/h8-12,17H,6-7,13-16H2,1-5H3;1-2H3. The summed E-state index contributed by atoms with van der Waals surface area (Å²) in [4.78, 5) is 14.8. The molecule has 1 aromatic carbocycles. The van der Waals surface area contributed by atoms with Crippen molar-refractivity contribution in [3.63, 3.8) is 0 Å². The van der Waals surface area contributed by atoms with Gasteiger partial charge in [0.2, 0.25) is 12.4 Å². The normalized spacial score (nSPS) is 12.5. The van der Waals surface area contributed by atoms with E-state index in [1.165, 1.54) is 5.56 Å². The van der Waals surface area contributed by atoms with Crippen LogP contribution in [-0.2, 0) is 23.7 Å². The van der Waals surface area contributed by atoms with Crippen LogP contribution in [0, 0.1) is 0 Å². The maximum Gasteiger partial charge on any atom is 0.226 e. The first-order chi connectivity index (χ1) is 13.9. The maximum absolute atomic E-state index is 11.0. The van der Waals surface area contributed by atoms with E-state index in [2.05, 4.69) is 63.8 Å². The summed E-state index contributed by atoms with van der Waals surface area (Å²) in [6, 6.07) is 10.6. The van der Waals surface area contributed by atoms with E-state index in [4.69, 9.17) is 0 Å². The van der Waals surface area contributed by atoms with E-state index in [1.807, 2.05) is 34.9 Å². The van der Waals surface area contributed by atoms with Crippen LogP contribution in [0.25, 0.3) is 0 Å². The lowest BCUT2D eigenvalue weighted by Crippen LogP contribution is -2.34. The summed E-state index contributed by atoms with van der Waals surface area (Å²) in [5.74, 6) is 1.85. The Balaban J connectivity index is 0.00000204. The highest BCUT2D eigenvalue weighted by molar-refractivity contribution is 5.47. The quantitative estimate of drug-likeness (QED) is 0.533.